The summed E-state index contributed by atoms with van der Waals surface area (Å²) in [7, 11) is 0. The SMILES string of the molecule is O=C(O)CCNC(=O)c1ccc(CN(c2ccc3c(c2)CCCC3)c2nc(-c3ccc(N(F)F)cc3)cs2)cc1. The summed E-state index contributed by atoms with van der Waals surface area (Å²) < 4.78 is 25.7. The minimum atomic E-state index is -0.966. The highest BCUT2D eigenvalue weighted by atomic mass is 32.1. The fourth-order valence-corrected chi connectivity index (χ4v) is 5.61. The Morgan fingerprint density at radius 1 is 0.925 bits per heavy atom. The van der Waals surface area contributed by atoms with Gasteiger partial charge in [0.1, 0.15) is 5.69 Å². The van der Waals surface area contributed by atoms with E-state index in [4.69, 9.17) is 10.1 Å². The quantitative estimate of drug-likeness (QED) is 0.207. The van der Waals surface area contributed by atoms with E-state index in [-0.39, 0.29) is 24.6 Å². The number of carboxylic acid groups (broad SMARTS) is 1. The molecule has 1 amide bonds. The summed E-state index contributed by atoms with van der Waals surface area (Å²) >= 11 is 1.48. The molecule has 0 aliphatic heterocycles. The third kappa shape index (κ3) is 6.45. The van der Waals surface area contributed by atoms with Crippen LogP contribution in [0, 0.1) is 0 Å². The number of halogens is 2. The number of aromatic nitrogens is 1. The number of nitrogens with zero attached hydrogens (tertiary/aromatic N) is 3. The van der Waals surface area contributed by atoms with Crippen LogP contribution in [0.2, 0.25) is 0 Å². The van der Waals surface area contributed by atoms with Crippen molar-refractivity contribution in [1.29, 1.82) is 0 Å². The molecule has 3 aromatic carbocycles. The number of anilines is 3. The number of aryl methyl sites for hydroxylation is 2. The lowest BCUT2D eigenvalue weighted by molar-refractivity contribution is -0.136. The summed E-state index contributed by atoms with van der Waals surface area (Å²) in [6, 6.07) is 19.7. The largest absolute Gasteiger partial charge is 0.481 e. The standard InChI is InChI=1S/C30H28F2N4O3S/c31-36(32)25-12-10-22(11-13-25)27-19-40-30(34-27)35(26-14-9-21-3-1-2-4-24(21)17-26)18-20-5-7-23(8-6-20)29(39)33-16-15-28(37)38/h5-14,17,19H,1-4,15-16,18H2,(H,33,39)(H,37,38). The Morgan fingerprint density at radius 3 is 2.33 bits per heavy atom. The van der Waals surface area contributed by atoms with Crippen LogP contribution in [0.5, 0.6) is 0 Å². The third-order valence-electron chi connectivity index (χ3n) is 6.91. The number of hydrogen-bond acceptors (Lipinski definition) is 6. The zero-order valence-electron chi connectivity index (χ0n) is 21.6. The van der Waals surface area contributed by atoms with Gasteiger partial charge in [-0.25, -0.2) is 4.98 Å². The van der Waals surface area contributed by atoms with Crippen molar-refractivity contribution >= 4 is 39.7 Å². The smallest absolute Gasteiger partial charge is 0.305 e. The van der Waals surface area contributed by atoms with Gasteiger partial charge in [-0.15, -0.1) is 11.3 Å². The third-order valence-corrected chi connectivity index (χ3v) is 7.77. The first kappa shape index (κ1) is 27.3. The molecule has 0 fully saturated rings. The van der Waals surface area contributed by atoms with Gasteiger partial charge in [-0.3, -0.25) is 9.59 Å². The van der Waals surface area contributed by atoms with E-state index >= 15 is 0 Å². The number of hydrogen-bond donors (Lipinski definition) is 2. The lowest BCUT2D eigenvalue weighted by atomic mass is 9.91. The fraction of sp³-hybridized carbons (Fsp3) is 0.233. The van der Waals surface area contributed by atoms with Crippen LogP contribution in [0.3, 0.4) is 0 Å². The van der Waals surface area contributed by atoms with Crippen molar-refractivity contribution in [1.82, 2.24) is 10.3 Å². The number of benzene rings is 3. The molecule has 0 saturated carbocycles. The molecule has 0 atom stereocenters. The molecule has 40 heavy (non-hydrogen) atoms. The summed E-state index contributed by atoms with van der Waals surface area (Å²) in [5, 5.41) is 13.2. The van der Waals surface area contributed by atoms with E-state index in [0.29, 0.717) is 17.8 Å². The summed E-state index contributed by atoms with van der Waals surface area (Å²) in [4.78, 5) is 30.1. The average Bonchev–Trinajstić information content (AvgIpc) is 3.46. The molecule has 0 saturated heterocycles. The Labute approximate surface area is 234 Å². The molecule has 0 spiro atoms. The van der Waals surface area contributed by atoms with Gasteiger partial charge in [0.05, 0.1) is 18.7 Å². The monoisotopic (exact) mass is 562 g/mol. The number of carboxylic acids is 1. The highest BCUT2D eigenvalue weighted by Crippen LogP contribution is 2.36. The second-order valence-electron chi connectivity index (χ2n) is 9.64. The molecule has 10 heteroatoms. The Kier molecular flexibility index (Phi) is 8.35. The zero-order valence-corrected chi connectivity index (χ0v) is 22.5. The lowest BCUT2D eigenvalue weighted by Gasteiger charge is -2.25. The number of rotatable bonds is 10. The molecule has 1 aliphatic rings. The molecular formula is C30H28F2N4O3S. The van der Waals surface area contributed by atoms with E-state index in [1.807, 2.05) is 17.5 Å². The Morgan fingerprint density at radius 2 is 1.62 bits per heavy atom. The average molecular weight is 563 g/mol. The van der Waals surface area contributed by atoms with Gasteiger partial charge >= 0.3 is 5.97 Å². The van der Waals surface area contributed by atoms with Crippen LogP contribution < -0.4 is 15.6 Å². The topological polar surface area (TPSA) is 85.8 Å². The molecular weight excluding hydrogens is 534 g/mol. The number of carbonyl (C=O) groups is 2. The molecule has 1 aliphatic carbocycles. The van der Waals surface area contributed by atoms with Crippen LogP contribution in [0.1, 0.15) is 46.3 Å². The minimum absolute atomic E-state index is 0.0664. The fourth-order valence-electron chi connectivity index (χ4n) is 4.75. The van der Waals surface area contributed by atoms with Crippen LogP contribution in [-0.2, 0) is 24.2 Å². The lowest BCUT2D eigenvalue weighted by Crippen LogP contribution is -2.26. The summed E-state index contributed by atoms with van der Waals surface area (Å²) in [5.41, 5.74) is 6.41. The van der Waals surface area contributed by atoms with E-state index in [1.54, 1.807) is 24.3 Å². The number of carbonyl (C=O) groups excluding carboxylic acids is 1. The molecule has 0 bridgehead atoms. The molecule has 1 heterocycles. The first-order chi connectivity index (χ1) is 19.4. The van der Waals surface area contributed by atoms with E-state index in [2.05, 4.69) is 28.4 Å². The van der Waals surface area contributed by atoms with Crippen molar-refractivity contribution in [3.63, 3.8) is 0 Å². The number of nitrogens with one attached hydrogen (secondary N) is 1. The van der Waals surface area contributed by atoms with Crippen molar-refractivity contribution in [2.24, 2.45) is 0 Å². The van der Waals surface area contributed by atoms with Gasteiger partial charge < -0.3 is 15.3 Å². The molecule has 1 aromatic heterocycles. The number of amides is 1. The van der Waals surface area contributed by atoms with Crippen LogP contribution in [-0.4, -0.2) is 28.5 Å². The molecule has 206 valence electrons. The maximum atomic E-state index is 12.8. The first-order valence-corrected chi connectivity index (χ1v) is 13.9. The van der Waals surface area contributed by atoms with Crippen LogP contribution >= 0.6 is 11.3 Å². The van der Waals surface area contributed by atoms with Gasteiger partial charge in [-0.05, 0) is 84.1 Å². The summed E-state index contributed by atoms with van der Waals surface area (Å²) in [6.45, 7) is 0.571. The maximum Gasteiger partial charge on any atom is 0.305 e. The predicted octanol–water partition coefficient (Wildman–Crippen LogP) is 6.81. The summed E-state index contributed by atoms with van der Waals surface area (Å²) in [6.07, 6.45) is 4.35. The maximum absolute atomic E-state index is 12.8. The van der Waals surface area contributed by atoms with E-state index in [1.165, 1.54) is 47.4 Å². The normalized spacial score (nSPS) is 12.4. The molecule has 0 unspecified atom stereocenters. The molecule has 5 rings (SSSR count). The minimum Gasteiger partial charge on any atom is -0.481 e. The predicted molar refractivity (Wildman–Crippen MR) is 152 cm³/mol. The highest BCUT2D eigenvalue weighted by Gasteiger charge is 2.19. The molecule has 4 aromatic rings. The number of fused-ring (bicyclic) bond motifs is 1. The van der Waals surface area contributed by atoms with Gasteiger partial charge in [-0.1, -0.05) is 39.3 Å². The Hall–Kier alpha value is -4.31. The molecule has 7 nitrogen and oxygen atoms in total. The zero-order chi connectivity index (χ0) is 28.1. The van der Waals surface area contributed by atoms with Crippen LogP contribution in [0.4, 0.5) is 25.5 Å². The van der Waals surface area contributed by atoms with Gasteiger partial charge in [0.25, 0.3) is 5.91 Å². The van der Waals surface area contributed by atoms with Crippen LogP contribution in [0.15, 0.2) is 72.1 Å². The van der Waals surface area contributed by atoms with Gasteiger partial charge in [0, 0.05) is 28.7 Å². The second kappa shape index (κ2) is 12.3. The van der Waals surface area contributed by atoms with Gasteiger partial charge in [0.15, 0.2) is 5.13 Å². The van der Waals surface area contributed by atoms with E-state index in [9.17, 15) is 18.6 Å². The second-order valence-corrected chi connectivity index (χ2v) is 10.5. The Balaban J connectivity index is 1.40. The molecule has 0 radical (unpaired) electrons. The van der Waals surface area contributed by atoms with Crippen LogP contribution in [0.25, 0.3) is 11.3 Å². The van der Waals surface area contributed by atoms with E-state index in [0.717, 1.165) is 34.8 Å². The number of aliphatic carboxylic acids is 1. The molecule has 2 N–H and O–H groups in total. The Bertz CT molecular complexity index is 1490. The van der Waals surface area contributed by atoms with Gasteiger partial charge in [-0.2, -0.15) is 0 Å². The number of thiazole rings is 1. The van der Waals surface area contributed by atoms with Crippen molar-refractivity contribution in [2.75, 3.05) is 16.8 Å². The van der Waals surface area contributed by atoms with Crippen molar-refractivity contribution < 1.29 is 23.7 Å². The highest BCUT2D eigenvalue weighted by molar-refractivity contribution is 7.14. The van der Waals surface area contributed by atoms with Crippen molar-refractivity contribution in [2.45, 2.75) is 38.6 Å². The first-order valence-electron chi connectivity index (χ1n) is 13.0. The van der Waals surface area contributed by atoms with Gasteiger partial charge in [0.2, 0.25) is 0 Å². The summed E-state index contributed by atoms with van der Waals surface area (Å²) in [5.74, 6) is -1.29. The van der Waals surface area contributed by atoms with Crippen molar-refractivity contribution in [3.05, 3.63) is 94.4 Å². The van der Waals surface area contributed by atoms with Crippen molar-refractivity contribution in [3.8, 4) is 11.3 Å². The van der Waals surface area contributed by atoms with E-state index < -0.39 is 11.3 Å².